The highest BCUT2D eigenvalue weighted by Crippen LogP contribution is 2.26. The Labute approximate surface area is 96.5 Å². The lowest BCUT2D eigenvalue weighted by Gasteiger charge is -2.18. The third-order valence-electron chi connectivity index (χ3n) is 2.89. The van der Waals surface area contributed by atoms with Gasteiger partial charge in [-0.25, -0.2) is 4.39 Å². The second kappa shape index (κ2) is 6.12. The quantitative estimate of drug-likeness (QED) is 0.647. The van der Waals surface area contributed by atoms with E-state index in [-0.39, 0.29) is 11.7 Å². The lowest BCUT2D eigenvalue weighted by atomic mass is 9.90. The lowest BCUT2D eigenvalue weighted by molar-refractivity contribution is 0.472. The molecule has 1 rings (SSSR count). The van der Waals surface area contributed by atoms with Gasteiger partial charge >= 0.3 is 0 Å². The first-order valence-corrected chi connectivity index (χ1v) is 6.02. The van der Waals surface area contributed by atoms with Gasteiger partial charge in [0.25, 0.3) is 0 Å². The summed E-state index contributed by atoms with van der Waals surface area (Å²) in [4.78, 5) is 0. The molecular formula is C13H18ClF. The van der Waals surface area contributed by atoms with Gasteiger partial charge in [-0.3, -0.25) is 0 Å². The third kappa shape index (κ3) is 3.83. The Hall–Kier alpha value is -0.560. The molecule has 0 spiro atoms. The van der Waals surface area contributed by atoms with E-state index in [0.717, 1.165) is 18.4 Å². The fraction of sp³-hybridized carbons (Fsp3) is 0.538. The van der Waals surface area contributed by atoms with E-state index in [4.69, 9.17) is 11.6 Å². The summed E-state index contributed by atoms with van der Waals surface area (Å²) in [6.45, 7) is 4.38. The summed E-state index contributed by atoms with van der Waals surface area (Å²) in [5, 5.41) is 0. The van der Waals surface area contributed by atoms with Gasteiger partial charge in [0.15, 0.2) is 0 Å². The van der Waals surface area contributed by atoms with Gasteiger partial charge in [0.1, 0.15) is 5.82 Å². The molecule has 0 N–H and O–H groups in total. The summed E-state index contributed by atoms with van der Waals surface area (Å²) < 4.78 is 13.0. The van der Waals surface area contributed by atoms with Gasteiger partial charge in [-0.2, -0.15) is 0 Å². The lowest BCUT2D eigenvalue weighted by Crippen LogP contribution is -2.06. The van der Waals surface area contributed by atoms with Crippen LogP contribution in [0.15, 0.2) is 24.3 Å². The molecule has 1 aromatic rings. The second-order valence-corrected chi connectivity index (χ2v) is 4.46. The van der Waals surface area contributed by atoms with Crippen LogP contribution in [0.1, 0.15) is 38.2 Å². The summed E-state index contributed by atoms with van der Waals surface area (Å²) in [5.74, 6) is 1.30. The van der Waals surface area contributed by atoms with Crippen molar-refractivity contribution in [2.75, 3.05) is 5.88 Å². The molecule has 0 radical (unpaired) electrons. The standard InChI is InChI=1S/C13H18ClF/c1-3-10(2)7-12(9-14)11-5-4-6-13(15)8-11/h4-6,8,10,12H,3,7,9H2,1-2H3. The second-order valence-electron chi connectivity index (χ2n) is 4.16. The van der Waals surface area contributed by atoms with Crippen LogP contribution in [0.4, 0.5) is 4.39 Å². The minimum atomic E-state index is -0.174. The van der Waals surface area contributed by atoms with E-state index in [0.29, 0.717) is 11.8 Å². The van der Waals surface area contributed by atoms with Gasteiger partial charge in [-0.1, -0.05) is 32.4 Å². The molecule has 2 atom stereocenters. The maximum atomic E-state index is 13.0. The number of hydrogen-bond acceptors (Lipinski definition) is 0. The van der Waals surface area contributed by atoms with Gasteiger partial charge < -0.3 is 0 Å². The highest BCUT2D eigenvalue weighted by atomic mass is 35.5. The molecule has 0 amide bonds. The maximum absolute atomic E-state index is 13.0. The zero-order chi connectivity index (χ0) is 11.3. The van der Waals surface area contributed by atoms with E-state index in [2.05, 4.69) is 13.8 Å². The molecule has 0 saturated carbocycles. The van der Waals surface area contributed by atoms with Crippen LogP contribution in [0, 0.1) is 11.7 Å². The van der Waals surface area contributed by atoms with Gasteiger partial charge in [-0.05, 0) is 36.0 Å². The molecule has 0 aliphatic heterocycles. The van der Waals surface area contributed by atoms with Crippen LogP contribution in [0.5, 0.6) is 0 Å². The predicted octanol–water partition coefficient (Wildman–Crippen LogP) is 4.58. The van der Waals surface area contributed by atoms with Crippen LogP contribution < -0.4 is 0 Å². The fourth-order valence-electron chi connectivity index (χ4n) is 1.70. The van der Waals surface area contributed by atoms with Crippen molar-refractivity contribution in [1.82, 2.24) is 0 Å². The van der Waals surface area contributed by atoms with Crippen molar-refractivity contribution in [2.24, 2.45) is 5.92 Å². The van der Waals surface area contributed by atoms with Crippen molar-refractivity contribution in [3.8, 4) is 0 Å². The van der Waals surface area contributed by atoms with Crippen LogP contribution in [0.3, 0.4) is 0 Å². The molecule has 0 fully saturated rings. The average molecular weight is 229 g/mol. The molecule has 0 aliphatic rings. The van der Waals surface area contributed by atoms with E-state index in [1.807, 2.05) is 6.07 Å². The Morgan fingerprint density at radius 2 is 2.13 bits per heavy atom. The molecule has 0 aliphatic carbocycles. The van der Waals surface area contributed by atoms with Gasteiger partial charge in [0.05, 0.1) is 0 Å². The van der Waals surface area contributed by atoms with Crippen molar-refractivity contribution >= 4 is 11.6 Å². The van der Waals surface area contributed by atoms with Crippen LogP contribution in [0.2, 0.25) is 0 Å². The highest BCUT2D eigenvalue weighted by Gasteiger charge is 2.13. The third-order valence-corrected chi connectivity index (χ3v) is 3.26. The first-order valence-electron chi connectivity index (χ1n) is 5.48. The van der Waals surface area contributed by atoms with Crippen LogP contribution in [0.25, 0.3) is 0 Å². The van der Waals surface area contributed by atoms with Crippen LogP contribution >= 0.6 is 11.6 Å². The Balaban J connectivity index is 2.73. The summed E-state index contributed by atoms with van der Waals surface area (Å²) in [7, 11) is 0. The van der Waals surface area contributed by atoms with Crippen molar-refractivity contribution in [3.63, 3.8) is 0 Å². The largest absolute Gasteiger partial charge is 0.207 e. The van der Waals surface area contributed by atoms with E-state index in [9.17, 15) is 4.39 Å². The first kappa shape index (κ1) is 12.5. The molecule has 84 valence electrons. The molecule has 0 aromatic heterocycles. The summed E-state index contributed by atoms with van der Waals surface area (Å²) in [5.41, 5.74) is 1.02. The van der Waals surface area contributed by atoms with Crippen molar-refractivity contribution in [3.05, 3.63) is 35.6 Å². The summed E-state index contributed by atoms with van der Waals surface area (Å²) in [6, 6.07) is 6.77. The van der Waals surface area contributed by atoms with Crippen LogP contribution in [-0.2, 0) is 0 Å². The zero-order valence-corrected chi connectivity index (χ0v) is 10.1. The normalized spacial score (nSPS) is 14.9. The molecule has 2 unspecified atom stereocenters. The summed E-state index contributed by atoms with van der Waals surface area (Å²) in [6.07, 6.45) is 2.17. The van der Waals surface area contributed by atoms with Gasteiger partial charge in [0.2, 0.25) is 0 Å². The molecule has 1 aromatic carbocycles. The Kier molecular flexibility index (Phi) is 5.10. The minimum Gasteiger partial charge on any atom is -0.207 e. The average Bonchev–Trinajstić information content (AvgIpc) is 2.25. The van der Waals surface area contributed by atoms with Crippen molar-refractivity contribution < 1.29 is 4.39 Å². The number of hydrogen-bond donors (Lipinski definition) is 0. The number of alkyl halides is 1. The number of rotatable bonds is 5. The molecule has 15 heavy (non-hydrogen) atoms. The van der Waals surface area contributed by atoms with E-state index in [1.165, 1.54) is 6.07 Å². The molecule has 0 saturated heterocycles. The van der Waals surface area contributed by atoms with E-state index in [1.54, 1.807) is 12.1 Å². The molecule has 0 heterocycles. The first-order chi connectivity index (χ1) is 7.17. The van der Waals surface area contributed by atoms with Gasteiger partial charge in [-0.15, -0.1) is 11.6 Å². The number of halogens is 2. The number of benzene rings is 1. The Morgan fingerprint density at radius 1 is 1.40 bits per heavy atom. The predicted molar refractivity (Wildman–Crippen MR) is 63.9 cm³/mol. The minimum absolute atomic E-state index is 0.174. The fourth-order valence-corrected chi connectivity index (χ4v) is 2.01. The highest BCUT2D eigenvalue weighted by molar-refractivity contribution is 6.18. The summed E-state index contributed by atoms with van der Waals surface area (Å²) >= 11 is 5.93. The smallest absolute Gasteiger partial charge is 0.123 e. The topological polar surface area (TPSA) is 0 Å². The van der Waals surface area contributed by atoms with Gasteiger partial charge in [0, 0.05) is 5.88 Å². The molecule has 2 heteroatoms. The van der Waals surface area contributed by atoms with Crippen LogP contribution in [-0.4, -0.2) is 5.88 Å². The van der Waals surface area contributed by atoms with Crippen molar-refractivity contribution in [2.45, 2.75) is 32.6 Å². The Morgan fingerprint density at radius 3 is 2.67 bits per heavy atom. The SMILES string of the molecule is CCC(C)CC(CCl)c1cccc(F)c1. The molecule has 0 nitrogen and oxygen atoms in total. The van der Waals surface area contributed by atoms with Crippen molar-refractivity contribution in [1.29, 1.82) is 0 Å². The monoisotopic (exact) mass is 228 g/mol. The maximum Gasteiger partial charge on any atom is 0.123 e. The zero-order valence-electron chi connectivity index (χ0n) is 9.34. The molecule has 0 bridgehead atoms. The van der Waals surface area contributed by atoms with E-state index >= 15 is 0 Å². The molecular weight excluding hydrogens is 211 g/mol. The van der Waals surface area contributed by atoms with E-state index < -0.39 is 0 Å². The Bertz CT molecular complexity index is 298.